The molecular formula is C23H46O12. The van der Waals surface area contributed by atoms with Crippen LogP contribution in [0.5, 0.6) is 0 Å². The standard InChI is InChI=1S/C23H46O12/c1-22(24)35-23(20-33-18-16-31-14-12-29-10-8-27-6-4-25-2)21-34-19-17-32-15-13-30-11-9-28-7-5-26-3/h23H,4-21H2,1-3H3. The number of rotatable bonds is 29. The van der Waals surface area contributed by atoms with Crippen molar-refractivity contribution in [2.75, 3.05) is 133 Å². The number of methoxy groups -OCH3 is 2. The van der Waals surface area contributed by atoms with E-state index in [0.717, 1.165) is 0 Å². The van der Waals surface area contributed by atoms with Gasteiger partial charge in [0, 0.05) is 21.1 Å². The summed E-state index contributed by atoms with van der Waals surface area (Å²) in [7, 11) is 3.26. The number of carbonyl (C=O) groups is 1. The van der Waals surface area contributed by atoms with Gasteiger partial charge in [0.05, 0.1) is 119 Å². The van der Waals surface area contributed by atoms with Gasteiger partial charge in [0.15, 0.2) is 0 Å². The average Bonchev–Trinajstić information content (AvgIpc) is 2.84. The van der Waals surface area contributed by atoms with Crippen molar-refractivity contribution in [3.63, 3.8) is 0 Å². The number of esters is 1. The molecule has 0 aromatic rings. The monoisotopic (exact) mass is 514 g/mol. The van der Waals surface area contributed by atoms with Crippen LogP contribution in [0.25, 0.3) is 0 Å². The first-order chi connectivity index (χ1) is 17.2. The van der Waals surface area contributed by atoms with Crippen molar-refractivity contribution >= 4 is 5.97 Å². The molecule has 0 amide bonds. The van der Waals surface area contributed by atoms with E-state index in [0.29, 0.717) is 106 Å². The number of hydrogen-bond acceptors (Lipinski definition) is 12. The van der Waals surface area contributed by atoms with Gasteiger partial charge in [-0.05, 0) is 0 Å². The number of hydrogen-bond donors (Lipinski definition) is 0. The van der Waals surface area contributed by atoms with Crippen LogP contribution in [0.15, 0.2) is 0 Å². The third-order valence-corrected chi connectivity index (χ3v) is 4.04. The topological polar surface area (TPSA) is 119 Å². The van der Waals surface area contributed by atoms with E-state index in [9.17, 15) is 4.79 Å². The molecule has 0 heterocycles. The summed E-state index contributed by atoms with van der Waals surface area (Å²) in [6, 6.07) is 0. The first kappa shape index (κ1) is 34.1. The van der Waals surface area contributed by atoms with Crippen molar-refractivity contribution in [2.45, 2.75) is 13.0 Å². The fourth-order valence-electron chi connectivity index (χ4n) is 2.38. The zero-order chi connectivity index (χ0) is 25.7. The molecule has 0 aromatic heterocycles. The molecule has 0 aliphatic heterocycles. The Balaban J connectivity index is 3.50. The van der Waals surface area contributed by atoms with Crippen LogP contribution in [0, 0.1) is 0 Å². The highest BCUT2D eigenvalue weighted by molar-refractivity contribution is 5.66. The smallest absolute Gasteiger partial charge is 0.303 e. The lowest BCUT2D eigenvalue weighted by molar-refractivity contribution is -0.154. The van der Waals surface area contributed by atoms with Crippen LogP contribution in [0.3, 0.4) is 0 Å². The van der Waals surface area contributed by atoms with E-state index in [1.165, 1.54) is 6.92 Å². The van der Waals surface area contributed by atoms with Gasteiger partial charge in [0.25, 0.3) is 0 Å². The third kappa shape index (κ3) is 29.2. The maximum absolute atomic E-state index is 11.3. The SMILES string of the molecule is COCCOCCOCCOCCOCC(COCCOCCOCCOCCOC)OC(C)=O. The van der Waals surface area contributed by atoms with Gasteiger partial charge in [-0.25, -0.2) is 0 Å². The molecule has 12 heteroatoms. The Morgan fingerprint density at radius 1 is 0.457 bits per heavy atom. The lowest BCUT2D eigenvalue weighted by atomic mass is 10.4. The van der Waals surface area contributed by atoms with Gasteiger partial charge in [-0.2, -0.15) is 0 Å². The second kappa shape index (κ2) is 29.3. The molecule has 0 atom stereocenters. The molecule has 210 valence electrons. The Morgan fingerprint density at radius 3 is 0.971 bits per heavy atom. The fraction of sp³-hybridized carbons (Fsp3) is 0.957. The summed E-state index contributed by atoms with van der Waals surface area (Å²) in [5.74, 6) is -0.388. The molecular weight excluding hydrogens is 468 g/mol. The van der Waals surface area contributed by atoms with Gasteiger partial charge in [0.2, 0.25) is 0 Å². The van der Waals surface area contributed by atoms with Crippen LogP contribution in [-0.4, -0.2) is 145 Å². The molecule has 0 fully saturated rings. The van der Waals surface area contributed by atoms with Crippen LogP contribution < -0.4 is 0 Å². The van der Waals surface area contributed by atoms with Crippen molar-refractivity contribution in [1.82, 2.24) is 0 Å². The van der Waals surface area contributed by atoms with Crippen LogP contribution >= 0.6 is 0 Å². The third-order valence-electron chi connectivity index (χ3n) is 4.04. The summed E-state index contributed by atoms with van der Waals surface area (Å²) in [6.07, 6.45) is -0.490. The summed E-state index contributed by atoms with van der Waals surface area (Å²) in [6.45, 7) is 9.60. The molecule has 0 unspecified atom stereocenters. The van der Waals surface area contributed by atoms with E-state index in [2.05, 4.69) is 0 Å². The molecule has 0 aliphatic carbocycles. The lowest BCUT2D eigenvalue weighted by Crippen LogP contribution is -2.29. The highest BCUT2D eigenvalue weighted by Gasteiger charge is 2.12. The normalized spacial score (nSPS) is 11.4. The van der Waals surface area contributed by atoms with Crippen LogP contribution in [-0.2, 0) is 56.9 Å². The van der Waals surface area contributed by atoms with Gasteiger partial charge in [0.1, 0.15) is 6.10 Å². The van der Waals surface area contributed by atoms with Crippen LogP contribution in [0.2, 0.25) is 0 Å². The maximum Gasteiger partial charge on any atom is 0.303 e. The molecule has 0 spiro atoms. The van der Waals surface area contributed by atoms with E-state index in [-0.39, 0.29) is 19.2 Å². The Bertz CT molecular complexity index is 397. The first-order valence-corrected chi connectivity index (χ1v) is 12.0. The van der Waals surface area contributed by atoms with E-state index in [1.807, 2.05) is 0 Å². The van der Waals surface area contributed by atoms with E-state index in [4.69, 9.17) is 52.1 Å². The van der Waals surface area contributed by atoms with E-state index in [1.54, 1.807) is 14.2 Å². The first-order valence-electron chi connectivity index (χ1n) is 12.0. The molecule has 0 aromatic carbocycles. The molecule has 0 radical (unpaired) electrons. The molecule has 0 bridgehead atoms. The number of ether oxygens (including phenoxy) is 11. The van der Waals surface area contributed by atoms with Crippen molar-refractivity contribution in [3.05, 3.63) is 0 Å². The highest BCUT2D eigenvalue weighted by atomic mass is 16.6. The molecule has 35 heavy (non-hydrogen) atoms. The van der Waals surface area contributed by atoms with Crippen LogP contribution in [0.1, 0.15) is 6.92 Å². The van der Waals surface area contributed by atoms with Crippen molar-refractivity contribution in [3.8, 4) is 0 Å². The zero-order valence-electron chi connectivity index (χ0n) is 21.7. The zero-order valence-corrected chi connectivity index (χ0v) is 21.7. The largest absolute Gasteiger partial charge is 0.458 e. The predicted octanol–water partition coefficient (Wildman–Crippen LogP) is 0.344. The van der Waals surface area contributed by atoms with Gasteiger partial charge < -0.3 is 52.1 Å². The molecule has 0 rings (SSSR count). The van der Waals surface area contributed by atoms with Gasteiger partial charge in [-0.3, -0.25) is 4.79 Å². The van der Waals surface area contributed by atoms with E-state index >= 15 is 0 Å². The summed E-state index contributed by atoms with van der Waals surface area (Å²) in [5, 5.41) is 0. The van der Waals surface area contributed by atoms with Crippen molar-refractivity contribution in [1.29, 1.82) is 0 Å². The minimum atomic E-state index is -0.490. The Kier molecular flexibility index (Phi) is 28.5. The maximum atomic E-state index is 11.3. The summed E-state index contributed by atoms with van der Waals surface area (Å²) in [5.41, 5.74) is 0. The minimum Gasteiger partial charge on any atom is -0.458 e. The molecule has 12 nitrogen and oxygen atoms in total. The van der Waals surface area contributed by atoms with Gasteiger partial charge in [-0.15, -0.1) is 0 Å². The summed E-state index contributed by atoms with van der Waals surface area (Å²) < 4.78 is 58.2. The second-order valence-electron chi connectivity index (χ2n) is 7.04. The lowest BCUT2D eigenvalue weighted by Gasteiger charge is -2.17. The summed E-state index contributed by atoms with van der Waals surface area (Å²) in [4.78, 5) is 11.3. The van der Waals surface area contributed by atoms with E-state index < -0.39 is 6.10 Å². The quantitative estimate of drug-likeness (QED) is 0.101. The molecule has 0 saturated heterocycles. The van der Waals surface area contributed by atoms with Gasteiger partial charge >= 0.3 is 5.97 Å². The fourth-order valence-corrected chi connectivity index (χ4v) is 2.38. The van der Waals surface area contributed by atoms with Gasteiger partial charge in [-0.1, -0.05) is 0 Å². The number of carbonyl (C=O) groups excluding carboxylic acids is 1. The predicted molar refractivity (Wildman–Crippen MR) is 126 cm³/mol. The minimum absolute atomic E-state index is 0.222. The average molecular weight is 515 g/mol. The van der Waals surface area contributed by atoms with Crippen molar-refractivity contribution in [2.24, 2.45) is 0 Å². The van der Waals surface area contributed by atoms with Crippen LogP contribution in [0.4, 0.5) is 0 Å². The summed E-state index contributed by atoms with van der Waals surface area (Å²) >= 11 is 0. The Labute approximate surface area is 209 Å². The Hall–Kier alpha value is -0.930. The molecule has 0 aliphatic rings. The Morgan fingerprint density at radius 2 is 0.714 bits per heavy atom. The second-order valence-corrected chi connectivity index (χ2v) is 7.04. The molecule has 0 saturated carbocycles. The van der Waals surface area contributed by atoms with Crippen molar-refractivity contribution < 1.29 is 56.9 Å². The highest BCUT2D eigenvalue weighted by Crippen LogP contribution is 1.97. The molecule has 0 N–H and O–H groups in total.